The number of rotatable bonds is 6. The molecule has 0 spiro atoms. The number of benzene rings is 1. The molecule has 0 heterocycles. The van der Waals surface area contributed by atoms with Crippen molar-refractivity contribution in [1.29, 1.82) is 0 Å². The highest BCUT2D eigenvalue weighted by molar-refractivity contribution is 5.81. The van der Waals surface area contributed by atoms with E-state index >= 15 is 0 Å². The van der Waals surface area contributed by atoms with Crippen molar-refractivity contribution >= 4 is 5.91 Å². The van der Waals surface area contributed by atoms with Gasteiger partial charge in [0.25, 0.3) is 0 Å². The summed E-state index contributed by atoms with van der Waals surface area (Å²) < 4.78 is 37.6. The molecule has 6 heteroatoms. The van der Waals surface area contributed by atoms with Crippen LogP contribution in [-0.4, -0.2) is 29.4 Å². The van der Waals surface area contributed by atoms with Crippen molar-refractivity contribution in [2.24, 2.45) is 0 Å². The maximum absolute atomic E-state index is 12.5. The molecule has 23 heavy (non-hydrogen) atoms. The molecule has 1 aromatic rings. The molecule has 0 aliphatic rings. The molecule has 0 fully saturated rings. The molecule has 0 radical (unpaired) electrons. The van der Waals surface area contributed by atoms with Gasteiger partial charge < -0.3 is 5.32 Å². The molecule has 130 valence electrons. The van der Waals surface area contributed by atoms with Gasteiger partial charge in [-0.3, -0.25) is 9.69 Å². The molecule has 1 aromatic carbocycles. The second kappa shape index (κ2) is 7.34. The van der Waals surface area contributed by atoms with E-state index in [4.69, 9.17) is 0 Å². The molecule has 1 N–H and O–H groups in total. The van der Waals surface area contributed by atoms with E-state index in [0.29, 0.717) is 6.54 Å². The highest BCUT2D eigenvalue weighted by Crippen LogP contribution is 2.29. The number of nitrogens with one attached hydrogen (secondary N) is 1. The van der Waals surface area contributed by atoms with Gasteiger partial charge in [-0.05, 0) is 51.9 Å². The van der Waals surface area contributed by atoms with Gasteiger partial charge in [-0.15, -0.1) is 0 Å². The summed E-state index contributed by atoms with van der Waals surface area (Å²) >= 11 is 0. The molecule has 0 aliphatic carbocycles. The van der Waals surface area contributed by atoms with Crippen LogP contribution in [0, 0.1) is 0 Å². The Kier molecular flexibility index (Phi) is 6.22. The third-order valence-corrected chi connectivity index (χ3v) is 4.10. The van der Waals surface area contributed by atoms with Crippen LogP contribution < -0.4 is 5.32 Å². The van der Waals surface area contributed by atoms with Crippen LogP contribution in [0.2, 0.25) is 0 Å². The summed E-state index contributed by atoms with van der Waals surface area (Å²) in [7, 11) is 1.78. The van der Waals surface area contributed by atoms with E-state index < -0.39 is 11.7 Å². The Morgan fingerprint density at radius 1 is 1.22 bits per heavy atom. The molecule has 0 aliphatic heterocycles. The Morgan fingerprint density at radius 3 is 2.17 bits per heavy atom. The minimum Gasteiger partial charge on any atom is -0.350 e. The van der Waals surface area contributed by atoms with E-state index in [9.17, 15) is 18.0 Å². The molecular weight excluding hydrogens is 305 g/mol. The predicted molar refractivity (Wildman–Crippen MR) is 84.9 cm³/mol. The fraction of sp³-hybridized carbons (Fsp3) is 0.588. The van der Waals surface area contributed by atoms with Gasteiger partial charge in [0, 0.05) is 12.1 Å². The molecule has 0 aromatic heterocycles. The third-order valence-electron chi connectivity index (χ3n) is 4.10. The van der Waals surface area contributed by atoms with Crippen molar-refractivity contribution in [3.63, 3.8) is 0 Å². The van der Waals surface area contributed by atoms with Gasteiger partial charge in [0.15, 0.2) is 0 Å². The number of nitrogens with zero attached hydrogens (tertiary/aromatic N) is 1. The van der Waals surface area contributed by atoms with Crippen molar-refractivity contribution in [3.8, 4) is 0 Å². The molecule has 3 nitrogen and oxygen atoms in total. The minimum absolute atomic E-state index is 0.0914. The fourth-order valence-electron chi connectivity index (χ4n) is 1.95. The minimum atomic E-state index is -4.33. The fourth-order valence-corrected chi connectivity index (χ4v) is 1.95. The summed E-state index contributed by atoms with van der Waals surface area (Å²) in [6.07, 6.45) is -3.52. The lowest BCUT2D eigenvalue weighted by atomic mass is 10.0. The Morgan fingerprint density at radius 2 is 1.74 bits per heavy atom. The lowest BCUT2D eigenvalue weighted by Gasteiger charge is -2.30. The van der Waals surface area contributed by atoms with Gasteiger partial charge in [0.2, 0.25) is 5.91 Å². The lowest BCUT2D eigenvalue weighted by Crippen LogP contribution is -2.50. The van der Waals surface area contributed by atoms with E-state index in [2.05, 4.69) is 5.32 Å². The first-order chi connectivity index (χ1) is 10.5. The molecule has 0 bridgehead atoms. The quantitative estimate of drug-likeness (QED) is 0.860. The number of halogens is 3. The van der Waals surface area contributed by atoms with Crippen LogP contribution in [0.5, 0.6) is 0 Å². The monoisotopic (exact) mass is 330 g/mol. The Bertz CT molecular complexity index is 524. The molecule has 0 saturated heterocycles. The SMILES string of the molecule is CCC(C)(C)NC(=O)C(C)N(C)Cc1ccc(C(F)(F)F)cc1. The molecule has 1 unspecified atom stereocenters. The number of carbonyl (C=O) groups is 1. The average molecular weight is 330 g/mol. The van der Waals surface area contributed by atoms with Crippen molar-refractivity contribution in [2.45, 2.75) is 58.4 Å². The largest absolute Gasteiger partial charge is 0.416 e. The zero-order chi connectivity index (χ0) is 17.8. The smallest absolute Gasteiger partial charge is 0.350 e. The van der Waals surface area contributed by atoms with Gasteiger partial charge in [-0.2, -0.15) is 13.2 Å². The maximum Gasteiger partial charge on any atom is 0.416 e. The van der Waals surface area contributed by atoms with E-state index in [1.165, 1.54) is 12.1 Å². The normalized spacial score (nSPS) is 14.0. The van der Waals surface area contributed by atoms with Gasteiger partial charge in [-0.25, -0.2) is 0 Å². The molecule has 1 atom stereocenters. The van der Waals surface area contributed by atoms with Crippen LogP contribution >= 0.6 is 0 Å². The Labute approximate surface area is 135 Å². The van der Waals surface area contributed by atoms with Crippen molar-refractivity contribution in [3.05, 3.63) is 35.4 Å². The summed E-state index contributed by atoms with van der Waals surface area (Å²) in [6.45, 7) is 8.09. The summed E-state index contributed by atoms with van der Waals surface area (Å²) in [5.74, 6) is -0.0914. The molecular formula is C17H25F3N2O. The van der Waals surface area contributed by atoms with Crippen molar-refractivity contribution < 1.29 is 18.0 Å². The number of hydrogen-bond acceptors (Lipinski definition) is 2. The number of likely N-dealkylation sites (N-methyl/N-ethyl adjacent to an activating group) is 1. The van der Waals surface area contributed by atoms with E-state index in [1.54, 1.807) is 14.0 Å². The van der Waals surface area contributed by atoms with Gasteiger partial charge >= 0.3 is 6.18 Å². The standard InChI is InChI=1S/C17H25F3N2O/c1-6-16(3,4)21-15(23)12(2)22(5)11-13-7-9-14(10-8-13)17(18,19)20/h7-10,12H,6,11H2,1-5H3,(H,21,23). The van der Waals surface area contributed by atoms with Crippen LogP contribution in [0.15, 0.2) is 24.3 Å². The molecule has 1 rings (SSSR count). The maximum atomic E-state index is 12.5. The van der Waals surface area contributed by atoms with Gasteiger partial charge in [-0.1, -0.05) is 19.1 Å². The molecule has 0 saturated carbocycles. The van der Waals surface area contributed by atoms with Crippen LogP contribution in [0.25, 0.3) is 0 Å². The summed E-state index contributed by atoms with van der Waals surface area (Å²) in [6, 6.07) is 4.64. The van der Waals surface area contributed by atoms with Crippen LogP contribution in [0.1, 0.15) is 45.2 Å². The van der Waals surface area contributed by atoms with E-state index in [0.717, 1.165) is 24.1 Å². The second-order valence-electron chi connectivity index (χ2n) is 6.51. The van der Waals surface area contributed by atoms with Crippen LogP contribution in [0.4, 0.5) is 13.2 Å². The third kappa shape index (κ3) is 5.86. The average Bonchev–Trinajstić information content (AvgIpc) is 2.45. The first kappa shape index (κ1) is 19.5. The van der Waals surface area contributed by atoms with Gasteiger partial charge in [0.05, 0.1) is 11.6 Å². The first-order valence-corrected chi connectivity index (χ1v) is 7.64. The van der Waals surface area contributed by atoms with Crippen molar-refractivity contribution in [2.75, 3.05) is 7.05 Å². The zero-order valence-corrected chi connectivity index (χ0v) is 14.3. The van der Waals surface area contributed by atoms with Gasteiger partial charge in [0.1, 0.15) is 0 Å². The van der Waals surface area contributed by atoms with E-state index in [1.807, 2.05) is 25.7 Å². The highest BCUT2D eigenvalue weighted by Gasteiger charge is 2.30. The number of alkyl halides is 3. The lowest BCUT2D eigenvalue weighted by molar-refractivity contribution is -0.137. The predicted octanol–water partition coefficient (Wildman–Crippen LogP) is 3.83. The van der Waals surface area contributed by atoms with Crippen LogP contribution in [-0.2, 0) is 17.5 Å². The van der Waals surface area contributed by atoms with Crippen molar-refractivity contribution in [1.82, 2.24) is 10.2 Å². The first-order valence-electron chi connectivity index (χ1n) is 7.64. The Balaban J connectivity index is 2.68. The number of amides is 1. The summed E-state index contributed by atoms with van der Waals surface area (Å²) in [5, 5.41) is 2.97. The number of carbonyl (C=O) groups excluding carboxylic acids is 1. The Hall–Kier alpha value is -1.56. The zero-order valence-electron chi connectivity index (χ0n) is 14.3. The summed E-state index contributed by atoms with van der Waals surface area (Å²) in [4.78, 5) is 14.0. The summed E-state index contributed by atoms with van der Waals surface area (Å²) in [5.41, 5.74) is -0.213. The highest BCUT2D eigenvalue weighted by atomic mass is 19.4. The van der Waals surface area contributed by atoms with Crippen LogP contribution in [0.3, 0.4) is 0 Å². The van der Waals surface area contributed by atoms with E-state index in [-0.39, 0.29) is 17.5 Å². The second-order valence-corrected chi connectivity index (χ2v) is 6.51. The number of hydrogen-bond donors (Lipinski definition) is 1. The molecule has 1 amide bonds. The topological polar surface area (TPSA) is 32.3 Å².